The van der Waals surface area contributed by atoms with Gasteiger partial charge in [0.2, 0.25) is 5.91 Å². The van der Waals surface area contributed by atoms with Gasteiger partial charge in [-0.2, -0.15) is 0 Å². The van der Waals surface area contributed by atoms with E-state index < -0.39 is 23.6 Å². The topological polar surface area (TPSA) is 114 Å². The average Bonchev–Trinajstić information content (AvgIpc) is 3.28. The van der Waals surface area contributed by atoms with Crippen LogP contribution in [0.3, 0.4) is 0 Å². The third-order valence-corrected chi connectivity index (χ3v) is 9.13. The summed E-state index contributed by atoms with van der Waals surface area (Å²) >= 11 is 0. The first-order valence-corrected chi connectivity index (χ1v) is 13.5. The number of carbonyl (C=O) groups excluding carboxylic acids is 2. The van der Waals surface area contributed by atoms with E-state index in [-0.39, 0.29) is 58.3 Å². The summed E-state index contributed by atoms with van der Waals surface area (Å²) < 4.78 is 26.0. The van der Waals surface area contributed by atoms with E-state index in [1.807, 2.05) is 0 Å². The monoisotopic (exact) mass is 516 g/mol. The van der Waals surface area contributed by atoms with Gasteiger partial charge in [-0.1, -0.05) is 6.92 Å². The van der Waals surface area contributed by atoms with Gasteiger partial charge in [-0.15, -0.1) is 0 Å². The van der Waals surface area contributed by atoms with E-state index in [0.29, 0.717) is 32.2 Å². The van der Waals surface area contributed by atoms with E-state index >= 15 is 0 Å². The fraction of sp³-hybridized carbons (Fsp3) is 0.679. The van der Waals surface area contributed by atoms with Crippen molar-refractivity contribution in [1.29, 1.82) is 0 Å². The van der Waals surface area contributed by atoms with Crippen molar-refractivity contribution in [3.63, 3.8) is 0 Å². The third-order valence-electron chi connectivity index (χ3n) is 9.13. The largest absolute Gasteiger partial charge is 0.496 e. The van der Waals surface area contributed by atoms with Gasteiger partial charge in [-0.25, -0.2) is 4.39 Å². The Hall–Kier alpha value is -2.84. The van der Waals surface area contributed by atoms with Gasteiger partial charge < -0.3 is 25.2 Å². The normalized spacial score (nSPS) is 31.4. The number of hydrogen-bond acceptors (Lipinski definition) is 5. The van der Waals surface area contributed by atoms with Crippen LogP contribution in [0.5, 0.6) is 11.5 Å². The molecule has 202 valence electrons. The van der Waals surface area contributed by atoms with Crippen LogP contribution in [0.15, 0.2) is 12.1 Å². The lowest BCUT2D eigenvalue weighted by Crippen LogP contribution is -2.50. The lowest BCUT2D eigenvalue weighted by atomic mass is 9.83. The number of benzene rings is 1. The number of carbonyl (C=O) groups is 3. The number of aliphatic carboxylic acids is 1. The molecule has 0 aromatic heterocycles. The molecule has 5 rings (SSSR count). The number of carboxylic acids is 1. The van der Waals surface area contributed by atoms with Crippen molar-refractivity contribution in [2.75, 3.05) is 13.7 Å². The first-order chi connectivity index (χ1) is 17.7. The summed E-state index contributed by atoms with van der Waals surface area (Å²) in [5.74, 6) is -1.98. The SMILES string of the molecule is COc1cc(F)c(OC2CCC(C(=O)O)CC2)cc1C(=O)NC1C2CCC(C2)C1C(=O)NCC1(C)CC1. The van der Waals surface area contributed by atoms with E-state index in [1.54, 1.807) is 0 Å². The van der Waals surface area contributed by atoms with Crippen molar-refractivity contribution in [2.24, 2.45) is 29.1 Å². The Morgan fingerprint density at radius 1 is 1.05 bits per heavy atom. The van der Waals surface area contributed by atoms with E-state index in [1.165, 1.54) is 13.2 Å². The second-order valence-corrected chi connectivity index (χ2v) is 11.8. The van der Waals surface area contributed by atoms with E-state index in [2.05, 4.69) is 17.6 Å². The molecular formula is C28H37FN2O6. The molecular weight excluding hydrogens is 479 g/mol. The fourth-order valence-electron chi connectivity index (χ4n) is 6.49. The van der Waals surface area contributed by atoms with Crippen LogP contribution in [0.4, 0.5) is 4.39 Å². The van der Waals surface area contributed by atoms with Gasteiger partial charge in [0.25, 0.3) is 5.91 Å². The Morgan fingerprint density at radius 2 is 1.76 bits per heavy atom. The summed E-state index contributed by atoms with van der Waals surface area (Å²) in [5.41, 5.74) is 0.363. The van der Waals surface area contributed by atoms with Crippen LogP contribution in [0.1, 0.15) is 75.1 Å². The van der Waals surface area contributed by atoms with Crippen LogP contribution in [-0.4, -0.2) is 48.7 Å². The van der Waals surface area contributed by atoms with Crippen LogP contribution in [0.25, 0.3) is 0 Å². The Kier molecular flexibility index (Phi) is 7.07. The van der Waals surface area contributed by atoms with Gasteiger partial charge in [0.1, 0.15) is 5.75 Å². The maximum atomic E-state index is 14.8. The summed E-state index contributed by atoms with van der Waals surface area (Å²) in [4.78, 5) is 37.8. The molecule has 0 aliphatic heterocycles. The van der Waals surface area contributed by atoms with Crippen molar-refractivity contribution in [3.05, 3.63) is 23.5 Å². The number of methoxy groups -OCH3 is 1. The van der Waals surface area contributed by atoms with E-state index in [9.17, 15) is 23.9 Å². The third kappa shape index (κ3) is 5.41. The van der Waals surface area contributed by atoms with Crippen molar-refractivity contribution >= 4 is 17.8 Å². The van der Waals surface area contributed by atoms with Gasteiger partial charge >= 0.3 is 5.97 Å². The number of fused-ring (bicyclic) bond motifs is 2. The summed E-state index contributed by atoms with van der Waals surface area (Å²) in [7, 11) is 1.38. The first kappa shape index (κ1) is 25.8. The van der Waals surface area contributed by atoms with E-state index in [4.69, 9.17) is 9.47 Å². The second kappa shape index (κ2) is 10.1. The quantitative estimate of drug-likeness (QED) is 0.459. The number of rotatable bonds is 9. The van der Waals surface area contributed by atoms with Crippen molar-refractivity contribution in [1.82, 2.24) is 10.6 Å². The molecule has 0 radical (unpaired) electrons. The summed E-state index contributed by atoms with van der Waals surface area (Å²) in [6, 6.07) is 2.24. The minimum absolute atomic E-state index is 0.0117. The van der Waals surface area contributed by atoms with Crippen molar-refractivity contribution < 1.29 is 33.4 Å². The summed E-state index contributed by atoms with van der Waals surface area (Å²) in [6.07, 6.45) is 6.78. The standard InChI is InChI=1S/C28H37FN2O6/c1-28(9-10-28)14-30-26(33)23-16-3-4-17(11-16)24(23)31-25(32)19-12-22(20(29)13-21(19)36-2)37-18-7-5-15(6-8-18)27(34)35/h12-13,15-18,23-24H,3-11,14H2,1-2H3,(H,30,33)(H,31,32)(H,34,35). The van der Waals surface area contributed by atoms with E-state index in [0.717, 1.165) is 38.2 Å². The number of ether oxygens (including phenoxy) is 2. The zero-order valence-electron chi connectivity index (χ0n) is 21.6. The second-order valence-electron chi connectivity index (χ2n) is 11.8. The number of hydrogen-bond donors (Lipinski definition) is 3. The van der Waals surface area contributed by atoms with Gasteiger partial charge in [-0.05, 0) is 81.1 Å². The van der Waals surface area contributed by atoms with Crippen LogP contribution < -0.4 is 20.1 Å². The van der Waals surface area contributed by atoms with Crippen LogP contribution >= 0.6 is 0 Å². The summed E-state index contributed by atoms with van der Waals surface area (Å²) in [6.45, 7) is 2.84. The van der Waals surface area contributed by atoms with Crippen LogP contribution in [0.2, 0.25) is 0 Å². The van der Waals surface area contributed by atoms with Crippen molar-refractivity contribution in [2.45, 2.75) is 76.9 Å². The highest BCUT2D eigenvalue weighted by molar-refractivity contribution is 5.98. The number of carboxylic acid groups (broad SMARTS) is 1. The molecule has 1 aromatic rings. The van der Waals surface area contributed by atoms with Gasteiger partial charge in [0.15, 0.2) is 11.6 Å². The lowest BCUT2D eigenvalue weighted by Gasteiger charge is -2.31. The molecule has 0 spiro atoms. The molecule has 37 heavy (non-hydrogen) atoms. The van der Waals surface area contributed by atoms with Gasteiger partial charge in [0.05, 0.1) is 30.6 Å². The minimum Gasteiger partial charge on any atom is -0.496 e. The molecule has 0 heterocycles. The first-order valence-electron chi connectivity index (χ1n) is 13.5. The number of halogens is 1. The fourth-order valence-corrected chi connectivity index (χ4v) is 6.49. The molecule has 2 bridgehead atoms. The Labute approximate surface area is 216 Å². The maximum absolute atomic E-state index is 14.8. The molecule has 4 fully saturated rings. The number of nitrogens with one attached hydrogen (secondary N) is 2. The summed E-state index contributed by atoms with van der Waals surface area (Å²) in [5, 5.41) is 15.4. The molecule has 4 saturated carbocycles. The number of amides is 2. The molecule has 4 aliphatic rings. The Morgan fingerprint density at radius 3 is 2.41 bits per heavy atom. The highest BCUT2D eigenvalue weighted by Gasteiger charge is 2.52. The van der Waals surface area contributed by atoms with Crippen LogP contribution in [-0.2, 0) is 9.59 Å². The maximum Gasteiger partial charge on any atom is 0.306 e. The molecule has 4 aliphatic carbocycles. The molecule has 4 atom stereocenters. The minimum atomic E-state index is -0.817. The zero-order chi connectivity index (χ0) is 26.3. The zero-order valence-corrected chi connectivity index (χ0v) is 21.6. The van der Waals surface area contributed by atoms with Crippen LogP contribution in [0, 0.1) is 34.9 Å². The molecule has 3 N–H and O–H groups in total. The van der Waals surface area contributed by atoms with Crippen molar-refractivity contribution in [3.8, 4) is 11.5 Å². The smallest absolute Gasteiger partial charge is 0.306 e. The average molecular weight is 517 g/mol. The predicted octanol–water partition coefficient (Wildman–Crippen LogP) is 3.92. The highest BCUT2D eigenvalue weighted by Crippen LogP contribution is 2.49. The Balaban J connectivity index is 1.29. The molecule has 0 saturated heterocycles. The van der Waals surface area contributed by atoms with Gasteiger partial charge in [-0.3, -0.25) is 14.4 Å². The molecule has 9 heteroatoms. The Bertz CT molecular complexity index is 1060. The molecule has 8 nitrogen and oxygen atoms in total. The highest BCUT2D eigenvalue weighted by atomic mass is 19.1. The molecule has 2 amide bonds. The lowest BCUT2D eigenvalue weighted by molar-refractivity contribution is -0.143. The van der Waals surface area contributed by atoms with Gasteiger partial charge in [0, 0.05) is 18.7 Å². The predicted molar refractivity (Wildman–Crippen MR) is 133 cm³/mol. The molecule has 1 aromatic carbocycles. The molecule has 4 unspecified atom stereocenters.